The van der Waals surface area contributed by atoms with Gasteiger partial charge in [0.1, 0.15) is 0 Å². The number of aliphatic hydroxyl groups excluding tert-OH is 1. The second-order valence-electron chi connectivity index (χ2n) is 4.63. The van der Waals surface area contributed by atoms with E-state index in [0.29, 0.717) is 11.5 Å². The van der Waals surface area contributed by atoms with Crippen molar-refractivity contribution in [2.75, 3.05) is 24.6 Å². The van der Waals surface area contributed by atoms with Crippen molar-refractivity contribution >= 4 is 27.3 Å². The van der Waals surface area contributed by atoms with Crippen LogP contribution in [0.2, 0.25) is 0 Å². The lowest BCUT2D eigenvalue weighted by Gasteiger charge is -2.20. The molecule has 0 saturated carbocycles. The third-order valence-electron chi connectivity index (χ3n) is 3.35. The Kier molecular flexibility index (Phi) is 3.87. The smallest absolute Gasteiger partial charge is 0.273 e. The quantitative estimate of drug-likeness (QED) is 0.687. The first kappa shape index (κ1) is 13.3. The van der Waals surface area contributed by atoms with Crippen LogP contribution in [-0.4, -0.2) is 29.7 Å². The molecule has 18 heavy (non-hydrogen) atoms. The van der Waals surface area contributed by atoms with Crippen LogP contribution >= 0.6 is 15.9 Å². The largest absolute Gasteiger partial charge is 0.396 e. The number of rotatable bonds is 3. The highest BCUT2D eigenvalue weighted by Gasteiger charge is 2.25. The van der Waals surface area contributed by atoms with E-state index in [1.165, 1.54) is 0 Å². The molecule has 2 rings (SSSR count). The fourth-order valence-electron chi connectivity index (χ4n) is 2.30. The normalized spacial score (nSPS) is 19.3. The summed E-state index contributed by atoms with van der Waals surface area (Å²) in [4.78, 5) is 12.6. The van der Waals surface area contributed by atoms with Gasteiger partial charge in [-0.25, -0.2) is 0 Å². The van der Waals surface area contributed by atoms with Crippen molar-refractivity contribution in [3.63, 3.8) is 0 Å². The Morgan fingerprint density at radius 2 is 2.33 bits per heavy atom. The Bertz CT molecular complexity index is 479. The number of aryl methyl sites for hydroxylation is 1. The number of nitro groups is 1. The third-order valence-corrected chi connectivity index (χ3v) is 3.98. The molecule has 1 aromatic rings. The Hall–Kier alpha value is -1.14. The van der Waals surface area contributed by atoms with E-state index in [4.69, 9.17) is 5.11 Å². The minimum atomic E-state index is -0.371. The minimum absolute atomic E-state index is 0.128. The van der Waals surface area contributed by atoms with Crippen molar-refractivity contribution in [1.82, 2.24) is 0 Å². The lowest BCUT2D eigenvalue weighted by molar-refractivity contribution is -0.385. The molecule has 98 valence electrons. The molecule has 1 N–H and O–H groups in total. The number of nitro benzene ring substituents is 1. The fraction of sp³-hybridized carbons (Fsp3) is 0.500. The van der Waals surface area contributed by atoms with Crippen molar-refractivity contribution in [2.45, 2.75) is 13.3 Å². The number of hydrogen-bond acceptors (Lipinski definition) is 4. The Morgan fingerprint density at radius 3 is 2.89 bits per heavy atom. The van der Waals surface area contributed by atoms with Gasteiger partial charge in [-0.1, -0.05) is 0 Å². The van der Waals surface area contributed by atoms with Gasteiger partial charge >= 0.3 is 0 Å². The predicted octanol–water partition coefficient (Wildman–Crippen LogP) is 2.48. The maximum absolute atomic E-state index is 10.8. The van der Waals surface area contributed by atoms with E-state index >= 15 is 0 Å². The Labute approximate surface area is 114 Å². The number of hydrogen-bond donors (Lipinski definition) is 1. The number of anilines is 1. The van der Waals surface area contributed by atoms with Crippen LogP contribution in [0.3, 0.4) is 0 Å². The molecule has 1 saturated heterocycles. The van der Waals surface area contributed by atoms with E-state index in [0.717, 1.165) is 29.7 Å². The molecule has 1 aromatic carbocycles. The first-order chi connectivity index (χ1) is 8.52. The van der Waals surface area contributed by atoms with Gasteiger partial charge < -0.3 is 10.0 Å². The minimum Gasteiger partial charge on any atom is -0.396 e. The van der Waals surface area contributed by atoms with Gasteiger partial charge in [0.2, 0.25) is 0 Å². The highest BCUT2D eigenvalue weighted by molar-refractivity contribution is 9.10. The summed E-state index contributed by atoms with van der Waals surface area (Å²) in [6, 6.07) is 3.39. The third kappa shape index (κ3) is 2.49. The first-order valence-electron chi connectivity index (χ1n) is 5.83. The zero-order chi connectivity index (χ0) is 13.3. The van der Waals surface area contributed by atoms with Gasteiger partial charge in [-0.05, 0) is 35.3 Å². The molecule has 0 amide bonds. The molecule has 1 aliphatic heterocycles. The topological polar surface area (TPSA) is 66.6 Å². The zero-order valence-electron chi connectivity index (χ0n) is 10.1. The Balaban J connectivity index is 2.30. The molecule has 6 heteroatoms. The van der Waals surface area contributed by atoms with E-state index in [2.05, 4.69) is 20.8 Å². The molecule has 0 aliphatic carbocycles. The summed E-state index contributed by atoms with van der Waals surface area (Å²) in [7, 11) is 0. The van der Waals surface area contributed by atoms with Crippen LogP contribution in [-0.2, 0) is 0 Å². The molecule has 0 radical (unpaired) electrons. The number of benzene rings is 1. The molecule has 1 atom stereocenters. The van der Waals surface area contributed by atoms with Gasteiger partial charge in [0.25, 0.3) is 5.69 Å². The van der Waals surface area contributed by atoms with Crippen LogP contribution in [0.4, 0.5) is 11.4 Å². The molecule has 1 aliphatic rings. The van der Waals surface area contributed by atoms with Crippen molar-refractivity contribution in [3.05, 3.63) is 32.3 Å². The molecule has 0 bridgehead atoms. The highest BCUT2D eigenvalue weighted by atomic mass is 79.9. The van der Waals surface area contributed by atoms with Gasteiger partial charge in [-0.3, -0.25) is 10.1 Å². The summed E-state index contributed by atoms with van der Waals surface area (Å²) < 4.78 is 0.735. The molecule has 1 fully saturated rings. The van der Waals surface area contributed by atoms with Gasteiger partial charge in [0.15, 0.2) is 0 Å². The first-order valence-corrected chi connectivity index (χ1v) is 6.62. The molecular formula is C12H15BrN2O3. The van der Waals surface area contributed by atoms with Gasteiger partial charge in [0.05, 0.1) is 10.6 Å². The summed E-state index contributed by atoms with van der Waals surface area (Å²) in [5, 5.41) is 20.0. The van der Waals surface area contributed by atoms with Crippen LogP contribution < -0.4 is 4.90 Å². The SMILES string of the molecule is Cc1cc(N2CCC(CO)C2)c(Br)cc1[N+](=O)[O-]. The fourth-order valence-corrected chi connectivity index (χ4v) is 2.88. The summed E-state index contributed by atoms with van der Waals surface area (Å²) >= 11 is 3.39. The van der Waals surface area contributed by atoms with Gasteiger partial charge in [0, 0.05) is 41.7 Å². The molecule has 1 heterocycles. The van der Waals surface area contributed by atoms with Gasteiger partial charge in [-0.15, -0.1) is 0 Å². The summed E-state index contributed by atoms with van der Waals surface area (Å²) in [5.74, 6) is 0.299. The monoisotopic (exact) mass is 314 g/mol. The van der Waals surface area contributed by atoms with Crippen LogP contribution in [0.25, 0.3) is 0 Å². The van der Waals surface area contributed by atoms with Crippen molar-refractivity contribution < 1.29 is 10.0 Å². The van der Waals surface area contributed by atoms with Crippen molar-refractivity contribution in [1.29, 1.82) is 0 Å². The van der Waals surface area contributed by atoms with E-state index in [-0.39, 0.29) is 17.2 Å². The summed E-state index contributed by atoms with van der Waals surface area (Å²) in [5.41, 5.74) is 1.75. The molecular weight excluding hydrogens is 300 g/mol. The molecule has 0 spiro atoms. The van der Waals surface area contributed by atoms with Crippen LogP contribution in [0.15, 0.2) is 16.6 Å². The maximum Gasteiger partial charge on any atom is 0.273 e. The maximum atomic E-state index is 10.8. The van der Waals surface area contributed by atoms with Crippen molar-refractivity contribution in [3.8, 4) is 0 Å². The number of aliphatic hydroxyl groups is 1. The summed E-state index contributed by atoms with van der Waals surface area (Å²) in [6.45, 7) is 3.61. The predicted molar refractivity (Wildman–Crippen MR) is 72.9 cm³/mol. The standard InChI is InChI=1S/C12H15BrN2O3/c1-8-4-12(10(13)5-11(8)15(17)18)14-3-2-9(6-14)7-16/h4-5,9,16H,2-3,6-7H2,1H3. The van der Waals surface area contributed by atoms with E-state index in [9.17, 15) is 10.1 Å². The average Bonchev–Trinajstić information content (AvgIpc) is 2.79. The van der Waals surface area contributed by atoms with E-state index in [1.807, 2.05) is 6.07 Å². The van der Waals surface area contributed by atoms with Gasteiger partial charge in [-0.2, -0.15) is 0 Å². The van der Waals surface area contributed by atoms with Crippen LogP contribution in [0.5, 0.6) is 0 Å². The van der Waals surface area contributed by atoms with Crippen LogP contribution in [0, 0.1) is 23.0 Å². The lowest BCUT2D eigenvalue weighted by atomic mass is 10.1. The molecule has 1 unspecified atom stereocenters. The molecule has 0 aromatic heterocycles. The van der Waals surface area contributed by atoms with E-state index < -0.39 is 0 Å². The van der Waals surface area contributed by atoms with E-state index in [1.54, 1.807) is 13.0 Å². The number of nitrogens with zero attached hydrogens (tertiary/aromatic N) is 2. The second-order valence-corrected chi connectivity index (χ2v) is 5.48. The molecule has 5 nitrogen and oxygen atoms in total. The van der Waals surface area contributed by atoms with Crippen LogP contribution in [0.1, 0.15) is 12.0 Å². The van der Waals surface area contributed by atoms with Crippen molar-refractivity contribution in [2.24, 2.45) is 5.92 Å². The zero-order valence-corrected chi connectivity index (χ0v) is 11.7. The summed E-state index contributed by atoms with van der Waals surface area (Å²) in [6.07, 6.45) is 0.957. The Morgan fingerprint density at radius 1 is 1.61 bits per heavy atom. The number of halogens is 1. The highest BCUT2D eigenvalue weighted by Crippen LogP contribution is 2.35. The average molecular weight is 315 g/mol. The lowest BCUT2D eigenvalue weighted by Crippen LogP contribution is -2.21. The second kappa shape index (κ2) is 5.24.